The van der Waals surface area contributed by atoms with E-state index in [9.17, 15) is 0 Å². The van der Waals surface area contributed by atoms with Crippen LogP contribution in [0.2, 0.25) is 0 Å². The molecule has 0 bridgehead atoms. The maximum atomic E-state index is 5.93. The molecule has 1 atom stereocenters. The Kier molecular flexibility index (Phi) is 3.13. The van der Waals surface area contributed by atoms with Crippen LogP contribution in [0.15, 0.2) is 42.7 Å². The normalized spacial score (nSPS) is 20.4. The highest BCUT2D eigenvalue weighted by atomic mass is 15.2. The van der Waals surface area contributed by atoms with Crippen molar-refractivity contribution in [2.24, 2.45) is 5.73 Å². The van der Waals surface area contributed by atoms with Crippen LogP contribution in [0.3, 0.4) is 0 Å². The molecule has 1 unspecified atom stereocenters. The Morgan fingerprint density at radius 3 is 2.83 bits per heavy atom. The molecule has 94 valence electrons. The van der Waals surface area contributed by atoms with Gasteiger partial charge in [0.2, 0.25) is 0 Å². The molecule has 4 heteroatoms. The van der Waals surface area contributed by atoms with Crippen LogP contribution < -0.4 is 5.73 Å². The van der Waals surface area contributed by atoms with Crippen molar-refractivity contribution in [1.82, 2.24) is 14.5 Å². The largest absolute Gasteiger partial charge is 0.326 e. The van der Waals surface area contributed by atoms with Crippen molar-refractivity contribution in [2.75, 3.05) is 13.1 Å². The highest BCUT2D eigenvalue weighted by Crippen LogP contribution is 2.14. The maximum Gasteiger partial charge on any atom is 0.127 e. The minimum atomic E-state index is 0.324. The van der Waals surface area contributed by atoms with Gasteiger partial charge >= 0.3 is 0 Å². The van der Waals surface area contributed by atoms with Crippen LogP contribution in [-0.4, -0.2) is 33.6 Å². The third kappa shape index (κ3) is 2.30. The van der Waals surface area contributed by atoms with Crippen molar-refractivity contribution < 1.29 is 0 Å². The molecule has 0 saturated carbocycles. The van der Waals surface area contributed by atoms with E-state index in [1.54, 1.807) is 0 Å². The average Bonchev–Trinajstić information content (AvgIpc) is 3.00. The summed E-state index contributed by atoms with van der Waals surface area (Å²) in [5.74, 6) is 1.08. The second kappa shape index (κ2) is 4.92. The van der Waals surface area contributed by atoms with E-state index in [1.807, 2.05) is 30.6 Å². The first-order valence-electron chi connectivity index (χ1n) is 6.38. The molecule has 1 aliphatic rings. The van der Waals surface area contributed by atoms with E-state index in [1.165, 1.54) is 0 Å². The first kappa shape index (κ1) is 11.4. The summed E-state index contributed by atoms with van der Waals surface area (Å²) in [5.41, 5.74) is 7.10. The fourth-order valence-corrected chi connectivity index (χ4v) is 2.48. The highest BCUT2D eigenvalue weighted by Gasteiger charge is 2.20. The van der Waals surface area contributed by atoms with Gasteiger partial charge in [-0.15, -0.1) is 0 Å². The lowest BCUT2D eigenvalue weighted by molar-refractivity contribution is 0.316. The number of benzene rings is 1. The molecule has 4 nitrogen and oxygen atoms in total. The van der Waals surface area contributed by atoms with Crippen LogP contribution in [-0.2, 0) is 6.54 Å². The molecule has 0 aliphatic carbocycles. The van der Waals surface area contributed by atoms with Crippen molar-refractivity contribution in [3.8, 4) is 5.69 Å². The SMILES string of the molecule is NC1CCN(Cc2nccn2-c2ccccc2)C1. The number of nitrogens with two attached hydrogens (primary N) is 1. The number of rotatable bonds is 3. The molecule has 2 aromatic rings. The van der Waals surface area contributed by atoms with Gasteiger partial charge in [0.05, 0.1) is 6.54 Å². The van der Waals surface area contributed by atoms with E-state index in [0.717, 1.165) is 37.6 Å². The molecule has 0 radical (unpaired) electrons. The first-order valence-corrected chi connectivity index (χ1v) is 6.38. The van der Waals surface area contributed by atoms with E-state index >= 15 is 0 Å². The Labute approximate surface area is 107 Å². The van der Waals surface area contributed by atoms with Gasteiger partial charge in [-0.25, -0.2) is 4.98 Å². The predicted molar refractivity (Wildman–Crippen MR) is 71.4 cm³/mol. The van der Waals surface area contributed by atoms with Gasteiger partial charge in [0.15, 0.2) is 0 Å². The fraction of sp³-hybridized carbons (Fsp3) is 0.357. The summed E-state index contributed by atoms with van der Waals surface area (Å²) in [6.07, 6.45) is 4.96. The number of likely N-dealkylation sites (tertiary alicyclic amines) is 1. The molecular formula is C14H18N4. The minimum Gasteiger partial charge on any atom is -0.326 e. The topological polar surface area (TPSA) is 47.1 Å². The highest BCUT2D eigenvalue weighted by molar-refractivity contribution is 5.32. The predicted octanol–water partition coefficient (Wildman–Crippen LogP) is 1.41. The summed E-state index contributed by atoms with van der Waals surface area (Å²) in [7, 11) is 0. The maximum absolute atomic E-state index is 5.93. The van der Waals surface area contributed by atoms with Crippen molar-refractivity contribution in [3.63, 3.8) is 0 Å². The lowest BCUT2D eigenvalue weighted by Crippen LogP contribution is -2.27. The summed E-state index contributed by atoms with van der Waals surface area (Å²) >= 11 is 0. The number of hydrogen-bond donors (Lipinski definition) is 1. The Balaban J connectivity index is 1.80. The lowest BCUT2D eigenvalue weighted by atomic mass is 10.3. The van der Waals surface area contributed by atoms with Gasteiger partial charge in [-0.3, -0.25) is 4.90 Å². The van der Waals surface area contributed by atoms with Gasteiger partial charge in [-0.1, -0.05) is 18.2 Å². The summed E-state index contributed by atoms with van der Waals surface area (Å²) in [5, 5.41) is 0. The minimum absolute atomic E-state index is 0.324. The zero-order valence-corrected chi connectivity index (χ0v) is 10.4. The van der Waals surface area contributed by atoms with E-state index in [2.05, 4.69) is 26.6 Å². The molecule has 1 saturated heterocycles. The van der Waals surface area contributed by atoms with Gasteiger partial charge in [0, 0.05) is 37.2 Å². The van der Waals surface area contributed by atoms with Crippen molar-refractivity contribution in [2.45, 2.75) is 19.0 Å². The van der Waals surface area contributed by atoms with E-state index < -0.39 is 0 Å². The molecule has 0 spiro atoms. The van der Waals surface area contributed by atoms with E-state index in [0.29, 0.717) is 6.04 Å². The van der Waals surface area contributed by atoms with Gasteiger partial charge in [0.1, 0.15) is 5.82 Å². The zero-order valence-electron chi connectivity index (χ0n) is 10.4. The molecule has 1 aromatic heterocycles. The zero-order chi connectivity index (χ0) is 12.4. The summed E-state index contributed by atoms with van der Waals surface area (Å²) in [6, 6.07) is 10.6. The number of hydrogen-bond acceptors (Lipinski definition) is 3. The van der Waals surface area contributed by atoms with Crippen LogP contribution >= 0.6 is 0 Å². The molecule has 0 amide bonds. The summed E-state index contributed by atoms with van der Waals surface area (Å²) < 4.78 is 2.14. The molecular weight excluding hydrogens is 224 g/mol. The summed E-state index contributed by atoms with van der Waals surface area (Å²) in [6.45, 7) is 2.92. The second-order valence-electron chi connectivity index (χ2n) is 4.83. The van der Waals surface area contributed by atoms with Crippen molar-refractivity contribution in [1.29, 1.82) is 0 Å². The van der Waals surface area contributed by atoms with Gasteiger partial charge in [-0.05, 0) is 18.6 Å². The molecule has 1 fully saturated rings. The quantitative estimate of drug-likeness (QED) is 0.885. The van der Waals surface area contributed by atoms with Crippen LogP contribution in [0.4, 0.5) is 0 Å². The average molecular weight is 242 g/mol. The van der Waals surface area contributed by atoms with E-state index in [-0.39, 0.29) is 0 Å². The van der Waals surface area contributed by atoms with E-state index in [4.69, 9.17) is 5.73 Å². The Bertz CT molecular complexity index is 506. The van der Waals surface area contributed by atoms with Gasteiger partial charge in [-0.2, -0.15) is 0 Å². The Morgan fingerprint density at radius 1 is 1.28 bits per heavy atom. The monoisotopic (exact) mass is 242 g/mol. The van der Waals surface area contributed by atoms with Gasteiger partial charge < -0.3 is 10.3 Å². The number of para-hydroxylation sites is 1. The Hall–Kier alpha value is -1.65. The molecule has 3 rings (SSSR count). The number of aromatic nitrogens is 2. The van der Waals surface area contributed by atoms with Crippen LogP contribution in [0.5, 0.6) is 0 Å². The third-order valence-electron chi connectivity index (χ3n) is 3.43. The second-order valence-corrected chi connectivity index (χ2v) is 4.83. The number of nitrogens with zero attached hydrogens (tertiary/aromatic N) is 3. The van der Waals surface area contributed by atoms with Crippen LogP contribution in [0, 0.1) is 0 Å². The molecule has 1 aliphatic heterocycles. The van der Waals surface area contributed by atoms with Crippen molar-refractivity contribution >= 4 is 0 Å². The molecule has 2 N–H and O–H groups in total. The van der Waals surface area contributed by atoms with Crippen LogP contribution in [0.1, 0.15) is 12.2 Å². The van der Waals surface area contributed by atoms with Crippen molar-refractivity contribution in [3.05, 3.63) is 48.5 Å². The van der Waals surface area contributed by atoms with Crippen LogP contribution in [0.25, 0.3) is 5.69 Å². The standard InChI is InChI=1S/C14H18N4/c15-12-6-8-17(10-12)11-14-16-7-9-18(14)13-4-2-1-3-5-13/h1-5,7,9,12H,6,8,10-11,15H2. The smallest absolute Gasteiger partial charge is 0.127 e. The fourth-order valence-electron chi connectivity index (χ4n) is 2.48. The molecule has 2 heterocycles. The number of imidazole rings is 1. The lowest BCUT2D eigenvalue weighted by Gasteiger charge is -2.16. The first-order chi connectivity index (χ1) is 8.83. The Morgan fingerprint density at radius 2 is 2.11 bits per heavy atom. The molecule has 18 heavy (non-hydrogen) atoms. The van der Waals surface area contributed by atoms with Gasteiger partial charge in [0.25, 0.3) is 0 Å². The third-order valence-corrected chi connectivity index (χ3v) is 3.43. The summed E-state index contributed by atoms with van der Waals surface area (Å²) in [4.78, 5) is 6.83. The molecule has 1 aromatic carbocycles.